The van der Waals surface area contributed by atoms with E-state index in [1.54, 1.807) is 0 Å². The molecule has 0 unspecified atom stereocenters. The zero-order chi connectivity index (χ0) is 18.4. The van der Waals surface area contributed by atoms with Crippen LogP contribution in [0.4, 0.5) is 0 Å². The molecule has 0 fully saturated rings. The third-order valence-corrected chi connectivity index (χ3v) is 5.49. The second-order valence-electron chi connectivity index (χ2n) is 8.32. The Bertz CT molecular complexity index is 850. The zero-order valence-electron chi connectivity index (χ0n) is 15.6. The number of aliphatic carboxylic acids is 1. The highest BCUT2D eigenvalue weighted by molar-refractivity contribution is 5.85. The fraction of sp³-hybridized carbons (Fsp3) is 0.409. The van der Waals surface area contributed by atoms with Crippen LogP contribution in [0.25, 0.3) is 17.2 Å². The van der Waals surface area contributed by atoms with Crippen molar-refractivity contribution in [2.75, 3.05) is 0 Å². The summed E-state index contributed by atoms with van der Waals surface area (Å²) >= 11 is 0. The van der Waals surface area contributed by atoms with Crippen LogP contribution in [-0.2, 0) is 15.6 Å². The van der Waals surface area contributed by atoms with Gasteiger partial charge in [0.05, 0.1) is 0 Å². The minimum absolute atomic E-state index is 0.157. The summed E-state index contributed by atoms with van der Waals surface area (Å²) in [6.45, 7) is 11.2. The van der Waals surface area contributed by atoms with Gasteiger partial charge in [0.15, 0.2) is 0 Å². The lowest BCUT2D eigenvalue weighted by molar-refractivity contribution is -0.131. The molecule has 0 bridgehead atoms. The van der Waals surface area contributed by atoms with Crippen molar-refractivity contribution >= 4 is 12.0 Å². The maximum atomic E-state index is 10.7. The van der Waals surface area contributed by atoms with Crippen LogP contribution in [0.15, 0.2) is 34.8 Å². The predicted molar refractivity (Wildman–Crippen MR) is 101 cm³/mol. The van der Waals surface area contributed by atoms with Gasteiger partial charge in [0, 0.05) is 11.6 Å². The third-order valence-electron chi connectivity index (χ3n) is 5.49. The number of benzene rings is 1. The van der Waals surface area contributed by atoms with E-state index in [4.69, 9.17) is 9.52 Å². The quantitative estimate of drug-likeness (QED) is 0.730. The fourth-order valence-electron chi connectivity index (χ4n) is 3.78. The van der Waals surface area contributed by atoms with E-state index in [0.717, 1.165) is 23.0 Å². The molecule has 2 aromatic rings. The molecule has 1 aliphatic carbocycles. The average Bonchev–Trinajstić information content (AvgIpc) is 2.91. The molecule has 0 amide bonds. The number of furan rings is 1. The number of aryl methyl sites for hydroxylation is 1. The molecule has 3 heteroatoms. The molecule has 0 radical (unpaired) electrons. The molecule has 0 saturated heterocycles. The lowest BCUT2D eigenvalue weighted by atomic mass is 9.63. The third kappa shape index (κ3) is 3.28. The van der Waals surface area contributed by atoms with Gasteiger partial charge in [0.1, 0.15) is 11.5 Å². The SMILES string of the molecule is Cc1oc(/C=C/C(=O)O)cc1-c1ccc2c(c1)C(C)(C)CCC2(C)C. The summed E-state index contributed by atoms with van der Waals surface area (Å²) in [5.41, 5.74) is 5.34. The Kier molecular flexibility index (Phi) is 4.14. The fourth-order valence-corrected chi connectivity index (χ4v) is 3.78. The Labute approximate surface area is 149 Å². The molecular weight excluding hydrogens is 312 g/mol. The minimum atomic E-state index is -0.978. The Morgan fingerprint density at radius 2 is 1.72 bits per heavy atom. The van der Waals surface area contributed by atoms with E-state index in [0.29, 0.717) is 5.76 Å². The summed E-state index contributed by atoms with van der Waals surface area (Å²) in [5, 5.41) is 8.78. The molecule has 0 spiro atoms. The Hall–Kier alpha value is -2.29. The molecule has 0 saturated carbocycles. The van der Waals surface area contributed by atoms with Crippen molar-refractivity contribution in [1.82, 2.24) is 0 Å². The number of rotatable bonds is 3. The van der Waals surface area contributed by atoms with Gasteiger partial charge in [0.2, 0.25) is 0 Å². The number of carbonyl (C=O) groups is 1. The Balaban J connectivity index is 2.07. The van der Waals surface area contributed by atoms with Gasteiger partial charge in [-0.1, -0.05) is 45.9 Å². The maximum absolute atomic E-state index is 10.7. The number of fused-ring (bicyclic) bond motifs is 1. The standard InChI is InChI=1S/C22H26O3/c1-14-17(13-16(25-14)7-9-20(23)24)15-6-8-18-19(12-15)22(4,5)11-10-21(18,2)3/h6-9,12-13H,10-11H2,1-5H3,(H,23,24)/b9-7+. The van der Waals surface area contributed by atoms with Gasteiger partial charge in [-0.05, 0) is 59.4 Å². The second-order valence-corrected chi connectivity index (χ2v) is 8.32. The summed E-state index contributed by atoms with van der Waals surface area (Å²) in [6, 6.07) is 8.62. The molecule has 1 aromatic carbocycles. The molecule has 0 atom stereocenters. The molecule has 1 aliphatic rings. The van der Waals surface area contributed by atoms with Gasteiger partial charge < -0.3 is 9.52 Å². The van der Waals surface area contributed by atoms with Gasteiger partial charge in [0.25, 0.3) is 0 Å². The van der Waals surface area contributed by atoms with Crippen molar-refractivity contribution in [3.8, 4) is 11.1 Å². The van der Waals surface area contributed by atoms with Crippen LogP contribution in [0.2, 0.25) is 0 Å². The minimum Gasteiger partial charge on any atom is -0.478 e. The Morgan fingerprint density at radius 1 is 1.08 bits per heavy atom. The van der Waals surface area contributed by atoms with E-state index >= 15 is 0 Å². The molecule has 132 valence electrons. The van der Waals surface area contributed by atoms with Gasteiger partial charge in [-0.15, -0.1) is 0 Å². The summed E-state index contributed by atoms with van der Waals surface area (Å²) in [7, 11) is 0. The van der Waals surface area contributed by atoms with Crippen LogP contribution in [0.1, 0.15) is 63.2 Å². The summed E-state index contributed by atoms with van der Waals surface area (Å²) < 4.78 is 5.71. The lowest BCUT2D eigenvalue weighted by Gasteiger charge is -2.42. The van der Waals surface area contributed by atoms with Gasteiger partial charge in [-0.3, -0.25) is 0 Å². The number of hydrogen-bond donors (Lipinski definition) is 1. The summed E-state index contributed by atoms with van der Waals surface area (Å²) in [6.07, 6.45) is 4.96. The molecule has 3 nitrogen and oxygen atoms in total. The molecule has 1 aromatic heterocycles. The molecule has 1 N–H and O–H groups in total. The van der Waals surface area contributed by atoms with Crippen molar-refractivity contribution in [3.63, 3.8) is 0 Å². The van der Waals surface area contributed by atoms with Crippen molar-refractivity contribution < 1.29 is 14.3 Å². The van der Waals surface area contributed by atoms with Crippen LogP contribution >= 0.6 is 0 Å². The normalized spacial score (nSPS) is 18.3. The molecule has 0 aliphatic heterocycles. The van der Waals surface area contributed by atoms with Crippen molar-refractivity contribution in [1.29, 1.82) is 0 Å². The van der Waals surface area contributed by atoms with Gasteiger partial charge in [-0.25, -0.2) is 4.79 Å². The Morgan fingerprint density at radius 3 is 2.36 bits per heavy atom. The molecular formula is C22H26O3. The van der Waals surface area contributed by atoms with Crippen LogP contribution < -0.4 is 0 Å². The molecule has 1 heterocycles. The number of carboxylic acid groups (broad SMARTS) is 1. The van der Waals surface area contributed by atoms with Gasteiger partial charge >= 0.3 is 5.97 Å². The van der Waals surface area contributed by atoms with E-state index < -0.39 is 5.97 Å². The van der Waals surface area contributed by atoms with Crippen LogP contribution in [-0.4, -0.2) is 11.1 Å². The zero-order valence-corrected chi connectivity index (χ0v) is 15.6. The van der Waals surface area contributed by atoms with Crippen LogP contribution in [0.3, 0.4) is 0 Å². The van der Waals surface area contributed by atoms with E-state index in [9.17, 15) is 4.79 Å². The number of hydrogen-bond acceptors (Lipinski definition) is 2. The topological polar surface area (TPSA) is 50.4 Å². The smallest absolute Gasteiger partial charge is 0.328 e. The van der Waals surface area contributed by atoms with Crippen molar-refractivity contribution in [2.45, 2.75) is 58.3 Å². The highest BCUT2D eigenvalue weighted by Gasteiger charge is 2.37. The first-order valence-electron chi connectivity index (χ1n) is 8.77. The van der Waals surface area contributed by atoms with E-state index in [-0.39, 0.29) is 10.8 Å². The van der Waals surface area contributed by atoms with E-state index in [2.05, 4.69) is 45.9 Å². The van der Waals surface area contributed by atoms with Crippen LogP contribution in [0, 0.1) is 6.92 Å². The van der Waals surface area contributed by atoms with E-state index in [1.807, 2.05) is 13.0 Å². The molecule has 25 heavy (non-hydrogen) atoms. The number of carboxylic acids is 1. The largest absolute Gasteiger partial charge is 0.478 e. The van der Waals surface area contributed by atoms with Gasteiger partial charge in [-0.2, -0.15) is 0 Å². The van der Waals surface area contributed by atoms with Crippen molar-refractivity contribution in [3.05, 3.63) is 53.0 Å². The second kappa shape index (κ2) is 5.91. The maximum Gasteiger partial charge on any atom is 0.328 e. The molecule has 3 rings (SSSR count). The van der Waals surface area contributed by atoms with Crippen molar-refractivity contribution in [2.24, 2.45) is 0 Å². The first-order chi connectivity index (χ1) is 11.6. The van der Waals surface area contributed by atoms with E-state index in [1.165, 1.54) is 30.0 Å². The highest BCUT2D eigenvalue weighted by atomic mass is 16.4. The average molecular weight is 338 g/mol. The summed E-state index contributed by atoms with van der Waals surface area (Å²) in [5.74, 6) is 0.387. The highest BCUT2D eigenvalue weighted by Crippen LogP contribution is 2.47. The summed E-state index contributed by atoms with van der Waals surface area (Å²) in [4.78, 5) is 10.7. The monoisotopic (exact) mass is 338 g/mol. The lowest BCUT2D eigenvalue weighted by Crippen LogP contribution is -2.33. The first-order valence-corrected chi connectivity index (χ1v) is 8.77. The first kappa shape index (κ1) is 17.5. The predicted octanol–water partition coefficient (Wildman–Crippen LogP) is 5.70. The van der Waals surface area contributed by atoms with Crippen LogP contribution in [0.5, 0.6) is 0 Å².